The van der Waals surface area contributed by atoms with E-state index in [1.807, 2.05) is 0 Å². The minimum Gasteiger partial charge on any atom is -0.440 e. The Morgan fingerprint density at radius 2 is 1.88 bits per heavy atom. The van der Waals surface area contributed by atoms with Crippen LogP contribution in [0.4, 0.5) is 17.6 Å². The van der Waals surface area contributed by atoms with Gasteiger partial charge in [-0.3, -0.25) is 0 Å². The highest BCUT2D eigenvalue weighted by Crippen LogP contribution is 2.34. The zero-order valence-electron chi connectivity index (χ0n) is 9.10. The van der Waals surface area contributed by atoms with E-state index in [0.29, 0.717) is 12.0 Å². The average molecular weight is 247 g/mol. The first kappa shape index (κ1) is 11.9. The topological polar surface area (TPSA) is 26.0 Å². The predicted octanol–water partition coefficient (Wildman–Crippen LogP) is 4.11. The SMILES string of the molecule is CC(C)c1nc2cc(C(F)(F)F)c(F)cc2o1. The van der Waals surface area contributed by atoms with E-state index in [-0.39, 0.29) is 17.0 Å². The number of rotatable bonds is 1. The summed E-state index contributed by atoms with van der Waals surface area (Å²) in [5.41, 5.74) is -1.28. The van der Waals surface area contributed by atoms with E-state index in [1.54, 1.807) is 13.8 Å². The van der Waals surface area contributed by atoms with Crippen LogP contribution in [-0.2, 0) is 6.18 Å². The molecule has 0 aliphatic rings. The molecule has 17 heavy (non-hydrogen) atoms. The fraction of sp³-hybridized carbons (Fsp3) is 0.364. The van der Waals surface area contributed by atoms with Gasteiger partial charge in [0.25, 0.3) is 0 Å². The second kappa shape index (κ2) is 3.72. The Morgan fingerprint density at radius 3 is 2.41 bits per heavy atom. The van der Waals surface area contributed by atoms with Gasteiger partial charge >= 0.3 is 6.18 Å². The summed E-state index contributed by atoms with van der Waals surface area (Å²) in [4.78, 5) is 3.89. The highest BCUT2D eigenvalue weighted by atomic mass is 19.4. The van der Waals surface area contributed by atoms with E-state index >= 15 is 0 Å². The van der Waals surface area contributed by atoms with Crippen LogP contribution in [0.15, 0.2) is 16.5 Å². The minimum atomic E-state index is -4.73. The van der Waals surface area contributed by atoms with Crippen LogP contribution in [-0.4, -0.2) is 4.98 Å². The van der Waals surface area contributed by atoms with Crippen molar-refractivity contribution < 1.29 is 22.0 Å². The smallest absolute Gasteiger partial charge is 0.419 e. The second-order valence-corrected chi connectivity index (χ2v) is 4.00. The van der Waals surface area contributed by atoms with Crippen molar-refractivity contribution in [1.29, 1.82) is 0 Å². The Balaban J connectivity index is 2.64. The molecule has 92 valence electrons. The van der Waals surface area contributed by atoms with Crippen LogP contribution in [0.25, 0.3) is 11.1 Å². The summed E-state index contributed by atoms with van der Waals surface area (Å²) in [7, 11) is 0. The van der Waals surface area contributed by atoms with Crippen molar-refractivity contribution in [2.45, 2.75) is 25.9 Å². The van der Waals surface area contributed by atoms with Crippen molar-refractivity contribution in [3.05, 3.63) is 29.4 Å². The Labute approximate surface area is 94.2 Å². The highest BCUT2D eigenvalue weighted by Gasteiger charge is 2.35. The van der Waals surface area contributed by atoms with Crippen LogP contribution in [0.2, 0.25) is 0 Å². The lowest BCUT2D eigenvalue weighted by Crippen LogP contribution is -2.07. The zero-order valence-corrected chi connectivity index (χ0v) is 9.10. The number of nitrogens with zero attached hydrogens (tertiary/aromatic N) is 1. The van der Waals surface area contributed by atoms with E-state index in [4.69, 9.17) is 4.42 Å². The molecule has 2 aromatic rings. The van der Waals surface area contributed by atoms with Crippen LogP contribution in [0.3, 0.4) is 0 Å². The molecule has 0 aliphatic carbocycles. The molecular weight excluding hydrogens is 238 g/mol. The molecule has 0 aliphatic heterocycles. The Morgan fingerprint density at radius 1 is 1.24 bits per heavy atom. The van der Waals surface area contributed by atoms with Crippen molar-refractivity contribution in [3.8, 4) is 0 Å². The Kier molecular flexibility index (Phi) is 2.60. The molecule has 2 rings (SSSR count). The maximum absolute atomic E-state index is 13.2. The fourth-order valence-corrected chi connectivity index (χ4v) is 1.43. The third-order valence-electron chi connectivity index (χ3n) is 2.29. The normalized spacial score (nSPS) is 12.6. The second-order valence-electron chi connectivity index (χ2n) is 4.00. The molecule has 0 fully saturated rings. The Bertz CT molecular complexity index is 556. The number of oxazole rings is 1. The van der Waals surface area contributed by atoms with Gasteiger partial charge in [-0.15, -0.1) is 0 Å². The van der Waals surface area contributed by atoms with Crippen molar-refractivity contribution in [2.75, 3.05) is 0 Å². The summed E-state index contributed by atoms with van der Waals surface area (Å²) in [5.74, 6) is -1.13. The summed E-state index contributed by atoms with van der Waals surface area (Å²) in [6.45, 7) is 3.57. The third kappa shape index (κ3) is 2.11. The average Bonchev–Trinajstić information content (AvgIpc) is 2.57. The third-order valence-corrected chi connectivity index (χ3v) is 2.29. The largest absolute Gasteiger partial charge is 0.440 e. The fourth-order valence-electron chi connectivity index (χ4n) is 1.43. The maximum Gasteiger partial charge on any atom is 0.419 e. The maximum atomic E-state index is 13.2. The lowest BCUT2D eigenvalue weighted by Gasteiger charge is -2.06. The lowest BCUT2D eigenvalue weighted by atomic mass is 10.2. The first-order valence-corrected chi connectivity index (χ1v) is 4.96. The number of aromatic nitrogens is 1. The molecular formula is C11H9F4NO. The van der Waals surface area contributed by atoms with Gasteiger partial charge < -0.3 is 4.42 Å². The van der Waals surface area contributed by atoms with Crippen LogP contribution < -0.4 is 0 Å². The van der Waals surface area contributed by atoms with Crippen molar-refractivity contribution in [2.24, 2.45) is 0 Å². The van der Waals surface area contributed by atoms with Crippen LogP contribution >= 0.6 is 0 Å². The van der Waals surface area contributed by atoms with E-state index in [9.17, 15) is 17.6 Å². The minimum absolute atomic E-state index is 0.0161. The molecule has 1 aromatic carbocycles. The van der Waals surface area contributed by atoms with Crippen molar-refractivity contribution >= 4 is 11.1 Å². The van der Waals surface area contributed by atoms with Gasteiger partial charge in [-0.25, -0.2) is 9.37 Å². The molecule has 0 N–H and O–H groups in total. The van der Waals surface area contributed by atoms with Gasteiger partial charge in [0.1, 0.15) is 11.3 Å². The monoisotopic (exact) mass is 247 g/mol. The summed E-state index contributed by atoms with van der Waals surface area (Å²) in [6.07, 6.45) is -4.73. The van der Waals surface area contributed by atoms with Gasteiger partial charge in [0.05, 0.1) is 5.56 Å². The van der Waals surface area contributed by atoms with Gasteiger partial charge in [-0.2, -0.15) is 13.2 Å². The summed E-state index contributed by atoms with van der Waals surface area (Å²) >= 11 is 0. The standard InChI is InChI=1S/C11H9F4NO/c1-5(2)10-16-8-3-6(11(13,14)15)7(12)4-9(8)17-10/h3-5H,1-2H3. The molecule has 0 unspecified atom stereocenters. The number of fused-ring (bicyclic) bond motifs is 1. The van der Waals surface area contributed by atoms with E-state index in [0.717, 1.165) is 6.07 Å². The summed E-state index contributed by atoms with van der Waals surface area (Å²) in [6, 6.07) is 1.39. The van der Waals surface area contributed by atoms with Crippen LogP contribution in [0.1, 0.15) is 31.2 Å². The van der Waals surface area contributed by atoms with Crippen LogP contribution in [0, 0.1) is 5.82 Å². The first-order chi connectivity index (χ1) is 7.79. The zero-order chi connectivity index (χ0) is 12.8. The molecule has 0 radical (unpaired) electrons. The molecule has 6 heteroatoms. The van der Waals surface area contributed by atoms with Gasteiger partial charge in [0.2, 0.25) is 0 Å². The van der Waals surface area contributed by atoms with Gasteiger partial charge in [-0.1, -0.05) is 13.8 Å². The molecule has 2 nitrogen and oxygen atoms in total. The number of hydrogen-bond acceptors (Lipinski definition) is 2. The molecule has 0 amide bonds. The molecule has 0 saturated heterocycles. The van der Waals surface area contributed by atoms with E-state index in [1.165, 1.54) is 0 Å². The molecule has 0 saturated carbocycles. The molecule has 0 bridgehead atoms. The summed E-state index contributed by atoms with van der Waals surface area (Å²) < 4.78 is 55.7. The molecule has 0 atom stereocenters. The number of halogens is 4. The predicted molar refractivity (Wildman–Crippen MR) is 53.1 cm³/mol. The van der Waals surface area contributed by atoms with Gasteiger partial charge in [0, 0.05) is 12.0 Å². The molecule has 1 heterocycles. The highest BCUT2D eigenvalue weighted by molar-refractivity contribution is 5.74. The summed E-state index contributed by atoms with van der Waals surface area (Å²) in [5, 5.41) is 0. The quantitative estimate of drug-likeness (QED) is 0.709. The number of hydrogen-bond donors (Lipinski definition) is 0. The van der Waals surface area contributed by atoms with Gasteiger partial charge in [-0.05, 0) is 6.07 Å². The van der Waals surface area contributed by atoms with Crippen molar-refractivity contribution in [3.63, 3.8) is 0 Å². The van der Waals surface area contributed by atoms with E-state index < -0.39 is 17.6 Å². The van der Waals surface area contributed by atoms with Crippen LogP contribution in [0.5, 0.6) is 0 Å². The van der Waals surface area contributed by atoms with E-state index in [2.05, 4.69) is 4.98 Å². The number of alkyl halides is 3. The van der Waals surface area contributed by atoms with Gasteiger partial charge in [0.15, 0.2) is 11.5 Å². The number of benzene rings is 1. The molecule has 1 aromatic heterocycles. The first-order valence-electron chi connectivity index (χ1n) is 4.96. The van der Waals surface area contributed by atoms with Crippen molar-refractivity contribution in [1.82, 2.24) is 4.98 Å². The molecule has 0 spiro atoms. The lowest BCUT2D eigenvalue weighted by molar-refractivity contribution is -0.139. The Hall–Kier alpha value is -1.59.